The zero-order valence-electron chi connectivity index (χ0n) is 15.9. The summed E-state index contributed by atoms with van der Waals surface area (Å²) in [5.74, 6) is 0.211. The predicted molar refractivity (Wildman–Crippen MR) is 108 cm³/mol. The molecule has 3 heterocycles. The normalized spacial score (nSPS) is 10.9. The van der Waals surface area contributed by atoms with Crippen LogP contribution in [-0.2, 0) is 13.0 Å². The van der Waals surface area contributed by atoms with Crippen molar-refractivity contribution in [3.8, 4) is 22.6 Å². The Balaban J connectivity index is 1.64. The van der Waals surface area contributed by atoms with E-state index >= 15 is 0 Å². The number of nitrogens with zero attached hydrogens (tertiary/aromatic N) is 6. The van der Waals surface area contributed by atoms with Gasteiger partial charge in [-0.05, 0) is 37.1 Å². The van der Waals surface area contributed by atoms with Gasteiger partial charge in [-0.3, -0.25) is 4.98 Å². The second kappa shape index (κ2) is 7.56. The monoisotopic (exact) mass is 371 g/mol. The molecule has 2 N–H and O–H groups in total. The molecule has 7 nitrogen and oxygen atoms in total. The molecule has 0 radical (unpaired) electrons. The van der Waals surface area contributed by atoms with E-state index in [0.29, 0.717) is 17.9 Å². The molecule has 3 aromatic heterocycles. The van der Waals surface area contributed by atoms with Gasteiger partial charge in [0.25, 0.3) is 0 Å². The van der Waals surface area contributed by atoms with Crippen LogP contribution in [0.4, 0.5) is 5.95 Å². The van der Waals surface area contributed by atoms with Crippen LogP contribution in [0.2, 0.25) is 0 Å². The molecule has 0 unspecified atom stereocenters. The number of hydrogen-bond acceptors (Lipinski definition) is 6. The van der Waals surface area contributed by atoms with Crippen molar-refractivity contribution in [3.63, 3.8) is 0 Å². The summed E-state index contributed by atoms with van der Waals surface area (Å²) >= 11 is 0. The van der Waals surface area contributed by atoms with E-state index < -0.39 is 0 Å². The van der Waals surface area contributed by atoms with Crippen LogP contribution in [0.25, 0.3) is 22.6 Å². The quantitative estimate of drug-likeness (QED) is 0.578. The molecule has 7 heteroatoms. The lowest BCUT2D eigenvalue weighted by Gasteiger charge is -2.07. The Morgan fingerprint density at radius 1 is 0.893 bits per heavy atom. The van der Waals surface area contributed by atoms with Gasteiger partial charge in [0.2, 0.25) is 5.95 Å². The molecule has 0 aliphatic carbocycles. The Labute approximate surface area is 163 Å². The smallest absolute Gasteiger partial charge is 0.221 e. The summed E-state index contributed by atoms with van der Waals surface area (Å²) < 4.78 is 1.75. The fourth-order valence-electron chi connectivity index (χ4n) is 3.07. The lowest BCUT2D eigenvalue weighted by molar-refractivity contribution is 0.636. The van der Waals surface area contributed by atoms with Crippen molar-refractivity contribution in [1.82, 2.24) is 29.9 Å². The number of aryl methyl sites for hydroxylation is 2. The van der Waals surface area contributed by atoms with Gasteiger partial charge < -0.3 is 5.73 Å². The maximum atomic E-state index is 5.96. The molecular weight excluding hydrogens is 350 g/mol. The topological polar surface area (TPSA) is 95.4 Å². The molecule has 0 saturated carbocycles. The number of aromatic nitrogens is 6. The van der Waals surface area contributed by atoms with Crippen molar-refractivity contribution in [2.24, 2.45) is 0 Å². The molecule has 0 amide bonds. The zero-order chi connectivity index (χ0) is 19.5. The fourth-order valence-corrected chi connectivity index (χ4v) is 3.07. The third kappa shape index (κ3) is 3.73. The molecule has 140 valence electrons. The zero-order valence-corrected chi connectivity index (χ0v) is 15.9. The third-order valence-electron chi connectivity index (χ3n) is 4.52. The minimum atomic E-state index is 0.211. The summed E-state index contributed by atoms with van der Waals surface area (Å²) in [5.41, 5.74) is 12.2. The summed E-state index contributed by atoms with van der Waals surface area (Å²) in [6, 6.07) is 15.9. The van der Waals surface area contributed by atoms with Crippen molar-refractivity contribution < 1.29 is 0 Å². The number of nitrogen functional groups attached to an aromatic ring is 1. The summed E-state index contributed by atoms with van der Waals surface area (Å²) in [5, 5.41) is 8.48. The minimum absolute atomic E-state index is 0.211. The highest BCUT2D eigenvalue weighted by Gasteiger charge is 2.12. The number of pyridine rings is 1. The van der Waals surface area contributed by atoms with E-state index in [4.69, 9.17) is 5.73 Å². The van der Waals surface area contributed by atoms with Gasteiger partial charge in [-0.25, -0.2) is 14.6 Å². The SMILES string of the molecule is CCc1cccc(Cn2cc(-c3cc(-c4ccccc4C)nc(N)n3)nn2)n1. The molecule has 0 aliphatic rings. The molecule has 4 rings (SSSR count). The van der Waals surface area contributed by atoms with Crippen molar-refractivity contribution in [2.45, 2.75) is 26.8 Å². The predicted octanol–water partition coefficient (Wildman–Crippen LogP) is 3.30. The number of benzene rings is 1. The molecule has 0 saturated heterocycles. The van der Waals surface area contributed by atoms with Crippen LogP contribution in [0, 0.1) is 6.92 Å². The maximum Gasteiger partial charge on any atom is 0.221 e. The van der Waals surface area contributed by atoms with E-state index in [1.807, 2.05) is 61.7 Å². The summed E-state index contributed by atoms with van der Waals surface area (Å²) in [7, 11) is 0. The summed E-state index contributed by atoms with van der Waals surface area (Å²) in [6.45, 7) is 4.68. The second-order valence-corrected chi connectivity index (χ2v) is 6.59. The van der Waals surface area contributed by atoms with Gasteiger partial charge in [0.15, 0.2) is 0 Å². The molecular formula is C21H21N7. The van der Waals surface area contributed by atoms with E-state index in [9.17, 15) is 0 Å². The lowest BCUT2D eigenvalue weighted by Crippen LogP contribution is -2.03. The van der Waals surface area contributed by atoms with E-state index in [1.165, 1.54) is 0 Å². The molecule has 0 spiro atoms. The largest absolute Gasteiger partial charge is 0.368 e. The Hall–Kier alpha value is -3.61. The third-order valence-corrected chi connectivity index (χ3v) is 4.52. The Morgan fingerprint density at radius 2 is 1.68 bits per heavy atom. The fraction of sp³-hybridized carbons (Fsp3) is 0.190. The van der Waals surface area contributed by atoms with Crippen molar-refractivity contribution >= 4 is 5.95 Å². The Morgan fingerprint density at radius 3 is 2.50 bits per heavy atom. The van der Waals surface area contributed by atoms with Crippen molar-refractivity contribution in [3.05, 3.63) is 71.7 Å². The minimum Gasteiger partial charge on any atom is -0.368 e. The number of anilines is 1. The van der Waals surface area contributed by atoms with Crippen LogP contribution >= 0.6 is 0 Å². The molecule has 28 heavy (non-hydrogen) atoms. The summed E-state index contributed by atoms with van der Waals surface area (Å²) in [6.07, 6.45) is 2.75. The first-order chi connectivity index (χ1) is 13.6. The highest BCUT2D eigenvalue weighted by molar-refractivity contribution is 5.69. The van der Waals surface area contributed by atoms with Gasteiger partial charge in [-0.1, -0.05) is 42.5 Å². The Kier molecular flexibility index (Phi) is 4.80. The van der Waals surface area contributed by atoms with E-state index in [0.717, 1.165) is 34.6 Å². The molecule has 0 aliphatic heterocycles. The second-order valence-electron chi connectivity index (χ2n) is 6.59. The first-order valence-electron chi connectivity index (χ1n) is 9.18. The standard InChI is InChI=1S/C21H21N7/c1-3-15-8-6-9-16(23-15)12-28-13-20(26-27-28)19-11-18(24-21(22)25-19)17-10-5-4-7-14(17)2/h4-11,13H,3,12H2,1-2H3,(H2,22,24,25). The van der Waals surface area contributed by atoms with Crippen LogP contribution in [0.1, 0.15) is 23.9 Å². The van der Waals surface area contributed by atoms with Crippen molar-refractivity contribution in [1.29, 1.82) is 0 Å². The molecule has 4 aromatic rings. The van der Waals surface area contributed by atoms with Crippen LogP contribution in [0.15, 0.2) is 54.7 Å². The van der Waals surface area contributed by atoms with Crippen LogP contribution < -0.4 is 5.73 Å². The average molecular weight is 371 g/mol. The van der Waals surface area contributed by atoms with Gasteiger partial charge in [0, 0.05) is 11.3 Å². The molecule has 1 aromatic carbocycles. The number of nitrogens with two attached hydrogens (primary N) is 1. The van der Waals surface area contributed by atoms with Gasteiger partial charge in [-0.15, -0.1) is 5.10 Å². The van der Waals surface area contributed by atoms with Gasteiger partial charge in [-0.2, -0.15) is 0 Å². The maximum absolute atomic E-state index is 5.96. The molecule has 0 fully saturated rings. The van der Waals surface area contributed by atoms with Crippen molar-refractivity contribution in [2.75, 3.05) is 5.73 Å². The van der Waals surface area contributed by atoms with Gasteiger partial charge in [0.05, 0.1) is 29.8 Å². The van der Waals surface area contributed by atoms with Gasteiger partial charge >= 0.3 is 0 Å². The molecule has 0 bridgehead atoms. The van der Waals surface area contributed by atoms with Gasteiger partial charge in [0.1, 0.15) is 5.69 Å². The lowest BCUT2D eigenvalue weighted by atomic mass is 10.0. The highest BCUT2D eigenvalue weighted by atomic mass is 15.4. The summed E-state index contributed by atoms with van der Waals surface area (Å²) in [4.78, 5) is 13.3. The molecule has 0 atom stereocenters. The number of rotatable bonds is 5. The first kappa shape index (κ1) is 17.8. The van der Waals surface area contributed by atoms with Crippen LogP contribution in [0.3, 0.4) is 0 Å². The van der Waals surface area contributed by atoms with E-state index in [-0.39, 0.29) is 5.95 Å². The Bertz CT molecular complexity index is 1120. The first-order valence-corrected chi connectivity index (χ1v) is 9.18. The number of hydrogen-bond donors (Lipinski definition) is 1. The van der Waals surface area contributed by atoms with E-state index in [2.05, 4.69) is 32.2 Å². The average Bonchev–Trinajstić information content (AvgIpc) is 3.16. The van der Waals surface area contributed by atoms with E-state index in [1.54, 1.807) is 4.68 Å². The highest BCUT2D eigenvalue weighted by Crippen LogP contribution is 2.25. The van der Waals surface area contributed by atoms with Crippen LogP contribution in [0.5, 0.6) is 0 Å². The van der Waals surface area contributed by atoms with Crippen LogP contribution in [-0.4, -0.2) is 29.9 Å².